The SMILES string of the molecule is OCc1ccc(O)c(CCc2ccccc2)c1. The lowest BCUT2D eigenvalue weighted by Crippen LogP contribution is -1.93. The van der Waals surface area contributed by atoms with E-state index in [1.807, 2.05) is 24.3 Å². The van der Waals surface area contributed by atoms with Crippen molar-refractivity contribution in [1.29, 1.82) is 0 Å². The fourth-order valence-corrected chi connectivity index (χ4v) is 1.86. The molecule has 0 saturated carbocycles. The second-order valence-electron chi connectivity index (χ2n) is 4.11. The van der Waals surface area contributed by atoms with E-state index in [0.29, 0.717) is 5.75 Å². The number of benzene rings is 2. The third-order valence-corrected chi connectivity index (χ3v) is 2.85. The highest BCUT2D eigenvalue weighted by Gasteiger charge is 2.03. The van der Waals surface area contributed by atoms with Gasteiger partial charge in [-0.2, -0.15) is 0 Å². The van der Waals surface area contributed by atoms with Crippen molar-refractivity contribution in [3.63, 3.8) is 0 Å². The van der Waals surface area contributed by atoms with Crippen LogP contribution in [-0.4, -0.2) is 10.2 Å². The van der Waals surface area contributed by atoms with Crippen LogP contribution in [0.1, 0.15) is 16.7 Å². The van der Waals surface area contributed by atoms with Gasteiger partial charge in [0.1, 0.15) is 5.75 Å². The lowest BCUT2D eigenvalue weighted by Gasteiger charge is -2.06. The maximum absolute atomic E-state index is 9.73. The summed E-state index contributed by atoms with van der Waals surface area (Å²) in [6.45, 7) is 0.0125. The van der Waals surface area contributed by atoms with Gasteiger partial charge in [-0.15, -0.1) is 0 Å². The Balaban J connectivity index is 2.08. The standard InChI is InChI=1S/C15H16O2/c16-11-13-7-9-15(17)14(10-13)8-6-12-4-2-1-3-5-12/h1-5,7,9-10,16-17H,6,8,11H2. The van der Waals surface area contributed by atoms with Crippen molar-refractivity contribution in [1.82, 2.24) is 0 Å². The Hall–Kier alpha value is -1.80. The minimum atomic E-state index is 0.0125. The van der Waals surface area contributed by atoms with Gasteiger partial charge in [-0.3, -0.25) is 0 Å². The van der Waals surface area contributed by atoms with E-state index in [4.69, 9.17) is 5.11 Å². The van der Waals surface area contributed by atoms with E-state index in [1.54, 1.807) is 12.1 Å². The summed E-state index contributed by atoms with van der Waals surface area (Å²) in [6, 6.07) is 15.4. The number of aliphatic hydroxyl groups is 1. The average molecular weight is 228 g/mol. The van der Waals surface area contributed by atoms with Crippen LogP contribution >= 0.6 is 0 Å². The van der Waals surface area contributed by atoms with Crippen LogP contribution in [0.2, 0.25) is 0 Å². The first-order valence-corrected chi connectivity index (χ1v) is 5.75. The van der Waals surface area contributed by atoms with Gasteiger partial charge in [-0.05, 0) is 41.7 Å². The maximum atomic E-state index is 9.73. The van der Waals surface area contributed by atoms with Gasteiger partial charge in [0.2, 0.25) is 0 Å². The Morgan fingerprint density at radius 2 is 1.59 bits per heavy atom. The molecule has 88 valence electrons. The van der Waals surface area contributed by atoms with E-state index >= 15 is 0 Å². The van der Waals surface area contributed by atoms with Crippen LogP contribution in [0.15, 0.2) is 48.5 Å². The molecule has 0 saturated heterocycles. The van der Waals surface area contributed by atoms with E-state index in [-0.39, 0.29) is 6.61 Å². The molecular weight excluding hydrogens is 212 g/mol. The summed E-state index contributed by atoms with van der Waals surface area (Å²) in [7, 11) is 0. The van der Waals surface area contributed by atoms with Crippen molar-refractivity contribution in [2.45, 2.75) is 19.4 Å². The molecule has 2 rings (SSSR count). The largest absolute Gasteiger partial charge is 0.508 e. The number of hydrogen-bond acceptors (Lipinski definition) is 2. The molecule has 2 nitrogen and oxygen atoms in total. The first kappa shape index (κ1) is 11.7. The lowest BCUT2D eigenvalue weighted by molar-refractivity contribution is 0.281. The smallest absolute Gasteiger partial charge is 0.118 e. The van der Waals surface area contributed by atoms with E-state index < -0.39 is 0 Å². The second-order valence-corrected chi connectivity index (χ2v) is 4.11. The van der Waals surface area contributed by atoms with Crippen molar-refractivity contribution in [3.05, 3.63) is 65.2 Å². The number of phenols is 1. The van der Waals surface area contributed by atoms with Crippen molar-refractivity contribution >= 4 is 0 Å². The number of aromatic hydroxyl groups is 1. The van der Waals surface area contributed by atoms with Crippen LogP contribution in [0.4, 0.5) is 0 Å². The summed E-state index contributed by atoms with van der Waals surface area (Å²) in [4.78, 5) is 0. The molecule has 0 fully saturated rings. The van der Waals surface area contributed by atoms with Gasteiger partial charge in [0.05, 0.1) is 6.61 Å². The molecule has 2 aromatic carbocycles. The maximum Gasteiger partial charge on any atom is 0.118 e. The van der Waals surface area contributed by atoms with Crippen LogP contribution in [0.3, 0.4) is 0 Å². The lowest BCUT2D eigenvalue weighted by atomic mass is 10.0. The molecule has 0 spiro atoms. The molecule has 2 heteroatoms. The Bertz CT molecular complexity index is 478. The molecule has 0 radical (unpaired) electrons. The molecule has 0 aliphatic rings. The van der Waals surface area contributed by atoms with Crippen LogP contribution in [0, 0.1) is 0 Å². The zero-order chi connectivity index (χ0) is 12.1. The summed E-state index contributed by atoms with van der Waals surface area (Å²) >= 11 is 0. The molecule has 0 heterocycles. The first-order chi connectivity index (χ1) is 8.29. The minimum Gasteiger partial charge on any atom is -0.508 e. The van der Waals surface area contributed by atoms with E-state index in [2.05, 4.69) is 12.1 Å². The van der Waals surface area contributed by atoms with Gasteiger partial charge in [-0.1, -0.05) is 36.4 Å². The molecule has 0 aromatic heterocycles. The molecule has 0 aliphatic heterocycles. The van der Waals surface area contributed by atoms with Crippen molar-refractivity contribution in [2.75, 3.05) is 0 Å². The van der Waals surface area contributed by atoms with Crippen molar-refractivity contribution in [2.24, 2.45) is 0 Å². The molecule has 0 amide bonds. The van der Waals surface area contributed by atoms with Gasteiger partial charge in [0, 0.05) is 0 Å². The zero-order valence-electron chi connectivity index (χ0n) is 9.63. The molecule has 0 bridgehead atoms. The fourth-order valence-electron chi connectivity index (χ4n) is 1.86. The minimum absolute atomic E-state index is 0.0125. The quantitative estimate of drug-likeness (QED) is 0.844. The van der Waals surface area contributed by atoms with Crippen LogP contribution < -0.4 is 0 Å². The van der Waals surface area contributed by atoms with Crippen LogP contribution in [0.5, 0.6) is 5.75 Å². The van der Waals surface area contributed by atoms with Crippen molar-refractivity contribution in [3.8, 4) is 5.75 Å². The Morgan fingerprint density at radius 3 is 2.29 bits per heavy atom. The molecule has 0 atom stereocenters. The number of aliphatic hydroxyl groups excluding tert-OH is 1. The molecule has 2 N–H and O–H groups in total. The summed E-state index contributed by atoms with van der Waals surface area (Å²) < 4.78 is 0. The highest BCUT2D eigenvalue weighted by Crippen LogP contribution is 2.20. The highest BCUT2D eigenvalue weighted by atomic mass is 16.3. The zero-order valence-corrected chi connectivity index (χ0v) is 9.63. The topological polar surface area (TPSA) is 40.5 Å². The number of hydrogen-bond donors (Lipinski definition) is 2. The van der Waals surface area contributed by atoms with Gasteiger partial charge in [0.15, 0.2) is 0 Å². The van der Waals surface area contributed by atoms with Gasteiger partial charge in [0.25, 0.3) is 0 Å². The molecule has 17 heavy (non-hydrogen) atoms. The summed E-state index contributed by atoms with van der Waals surface area (Å²) in [5, 5.41) is 18.8. The average Bonchev–Trinajstić information content (AvgIpc) is 2.39. The number of phenolic OH excluding ortho intramolecular Hbond substituents is 1. The summed E-state index contributed by atoms with van der Waals surface area (Å²) in [5.41, 5.74) is 2.98. The Kier molecular flexibility index (Phi) is 3.78. The Morgan fingerprint density at radius 1 is 0.824 bits per heavy atom. The molecular formula is C15H16O2. The van der Waals surface area contributed by atoms with Gasteiger partial charge < -0.3 is 10.2 Å². The summed E-state index contributed by atoms with van der Waals surface area (Å²) in [5.74, 6) is 0.304. The summed E-state index contributed by atoms with van der Waals surface area (Å²) in [6.07, 6.45) is 1.67. The van der Waals surface area contributed by atoms with Crippen LogP contribution in [0.25, 0.3) is 0 Å². The predicted octanol–water partition coefficient (Wildman–Crippen LogP) is 2.67. The Labute approximate surface area is 101 Å². The second kappa shape index (κ2) is 5.51. The normalized spacial score (nSPS) is 10.4. The molecule has 0 aliphatic carbocycles. The highest BCUT2D eigenvalue weighted by molar-refractivity contribution is 5.36. The monoisotopic (exact) mass is 228 g/mol. The van der Waals surface area contributed by atoms with Gasteiger partial charge in [-0.25, -0.2) is 0 Å². The van der Waals surface area contributed by atoms with E-state index in [9.17, 15) is 5.11 Å². The number of aryl methyl sites for hydroxylation is 2. The fraction of sp³-hybridized carbons (Fsp3) is 0.200. The molecule has 0 unspecified atom stereocenters. The number of rotatable bonds is 4. The van der Waals surface area contributed by atoms with E-state index in [0.717, 1.165) is 24.0 Å². The third kappa shape index (κ3) is 3.08. The van der Waals surface area contributed by atoms with E-state index in [1.165, 1.54) is 5.56 Å². The van der Waals surface area contributed by atoms with Crippen LogP contribution in [-0.2, 0) is 19.4 Å². The molecule has 2 aromatic rings. The van der Waals surface area contributed by atoms with Gasteiger partial charge >= 0.3 is 0 Å². The first-order valence-electron chi connectivity index (χ1n) is 5.75. The third-order valence-electron chi connectivity index (χ3n) is 2.85. The predicted molar refractivity (Wildman–Crippen MR) is 67.9 cm³/mol. The van der Waals surface area contributed by atoms with Crippen molar-refractivity contribution < 1.29 is 10.2 Å².